The van der Waals surface area contributed by atoms with Crippen LogP contribution in [0.4, 0.5) is 5.82 Å². The normalized spacial score (nSPS) is 9.79. The zero-order valence-corrected chi connectivity index (χ0v) is 11.6. The van der Waals surface area contributed by atoms with E-state index >= 15 is 0 Å². The van der Waals surface area contributed by atoms with Gasteiger partial charge in [0, 0.05) is 19.3 Å². The number of nitriles is 1. The summed E-state index contributed by atoms with van der Waals surface area (Å²) in [5.41, 5.74) is 1.48. The maximum atomic E-state index is 11.4. The smallest absolute Gasteiger partial charge is 0.307 e. The lowest BCUT2D eigenvalue weighted by Crippen LogP contribution is -2.28. The summed E-state index contributed by atoms with van der Waals surface area (Å²) < 4.78 is 4.90. The molecular weight excluding hydrogens is 242 g/mol. The number of ether oxygens (including phenoxy) is 1. The van der Waals surface area contributed by atoms with Crippen LogP contribution in [-0.2, 0) is 9.53 Å². The largest absolute Gasteiger partial charge is 0.466 e. The van der Waals surface area contributed by atoms with Gasteiger partial charge in [-0.3, -0.25) is 4.79 Å². The summed E-state index contributed by atoms with van der Waals surface area (Å²) in [5, 5.41) is 9.14. The van der Waals surface area contributed by atoms with E-state index in [0.29, 0.717) is 37.5 Å². The minimum atomic E-state index is -0.230. The second-order valence-corrected chi connectivity index (χ2v) is 4.13. The van der Waals surface area contributed by atoms with Crippen molar-refractivity contribution in [3.05, 3.63) is 23.4 Å². The highest BCUT2D eigenvalue weighted by Crippen LogP contribution is 2.18. The number of aryl methyl sites for hydroxylation is 1. The van der Waals surface area contributed by atoms with E-state index in [1.165, 1.54) is 0 Å². The van der Waals surface area contributed by atoms with Crippen molar-refractivity contribution in [3.8, 4) is 6.07 Å². The van der Waals surface area contributed by atoms with E-state index in [1.54, 1.807) is 19.2 Å². The first kappa shape index (κ1) is 15.0. The summed E-state index contributed by atoms with van der Waals surface area (Å²) in [6, 6.07) is 3.94. The monoisotopic (exact) mass is 261 g/mol. The van der Waals surface area contributed by atoms with E-state index in [-0.39, 0.29) is 5.97 Å². The third-order valence-electron chi connectivity index (χ3n) is 2.70. The average Bonchev–Trinajstić information content (AvgIpc) is 2.40. The van der Waals surface area contributed by atoms with Crippen molar-refractivity contribution in [2.24, 2.45) is 0 Å². The lowest BCUT2D eigenvalue weighted by Gasteiger charge is -2.22. The van der Waals surface area contributed by atoms with Gasteiger partial charge in [0.1, 0.15) is 11.9 Å². The van der Waals surface area contributed by atoms with Gasteiger partial charge in [-0.2, -0.15) is 5.26 Å². The van der Waals surface area contributed by atoms with Crippen LogP contribution in [0.3, 0.4) is 0 Å². The topological polar surface area (TPSA) is 66.2 Å². The Morgan fingerprint density at radius 2 is 2.26 bits per heavy atom. The van der Waals surface area contributed by atoms with Crippen LogP contribution in [0, 0.1) is 18.3 Å². The van der Waals surface area contributed by atoms with Gasteiger partial charge in [0.25, 0.3) is 0 Å². The second-order valence-electron chi connectivity index (χ2n) is 4.13. The number of rotatable bonds is 6. The van der Waals surface area contributed by atoms with Crippen molar-refractivity contribution in [2.45, 2.75) is 27.2 Å². The van der Waals surface area contributed by atoms with E-state index in [2.05, 4.69) is 11.1 Å². The summed E-state index contributed by atoms with van der Waals surface area (Å²) in [6.07, 6.45) is 2.02. The molecule has 0 atom stereocenters. The Kier molecular flexibility index (Phi) is 5.80. The predicted molar refractivity (Wildman–Crippen MR) is 72.8 cm³/mol. The number of hydrogen-bond donors (Lipinski definition) is 0. The molecule has 5 nitrogen and oxygen atoms in total. The molecule has 0 aliphatic heterocycles. The third kappa shape index (κ3) is 4.25. The van der Waals surface area contributed by atoms with Crippen molar-refractivity contribution in [1.29, 1.82) is 5.26 Å². The molecule has 0 spiro atoms. The van der Waals surface area contributed by atoms with Crippen LogP contribution in [0.1, 0.15) is 31.4 Å². The van der Waals surface area contributed by atoms with Gasteiger partial charge < -0.3 is 9.64 Å². The van der Waals surface area contributed by atoms with Crippen molar-refractivity contribution in [1.82, 2.24) is 4.98 Å². The highest BCUT2D eigenvalue weighted by molar-refractivity contribution is 5.70. The fourth-order valence-corrected chi connectivity index (χ4v) is 1.77. The number of carbonyl (C=O) groups excluding carboxylic acids is 1. The average molecular weight is 261 g/mol. The Labute approximate surface area is 113 Å². The summed E-state index contributed by atoms with van der Waals surface area (Å²) in [4.78, 5) is 17.6. The number of pyridine rings is 1. The quantitative estimate of drug-likeness (QED) is 0.733. The zero-order valence-electron chi connectivity index (χ0n) is 11.6. The Morgan fingerprint density at radius 1 is 1.53 bits per heavy atom. The molecule has 0 fully saturated rings. The van der Waals surface area contributed by atoms with Crippen LogP contribution < -0.4 is 4.90 Å². The van der Waals surface area contributed by atoms with Crippen molar-refractivity contribution < 1.29 is 9.53 Å². The van der Waals surface area contributed by atoms with Crippen LogP contribution in [-0.4, -0.2) is 30.6 Å². The molecule has 0 bridgehead atoms. The van der Waals surface area contributed by atoms with Crippen LogP contribution in [0.25, 0.3) is 0 Å². The minimum Gasteiger partial charge on any atom is -0.466 e. The summed E-state index contributed by atoms with van der Waals surface area (Å²) in [5.74, 6) is 0.395. The summed E-state index contributed by atoms with van der Waals surface area (Å²) >= 11 is 0. The molecule has 0 saturated carbocycles. The fourth-order valence-electron chi connectivity index (χ4n) is 1.77. The molecule has 0 aromatic carbocycles. The van der Waals surface area contributed by atoms with Gasteiger partial charge >= 0.3 is 5.97 Å². The minimum absolute atomic E-state index is 0.230. The number of esters is 1. The van der Waals surface area contributed by atoms with Crippen LogP contribution in [0.15, 0.2) is 12.3 Å². The molecule has 0 N–H and O–H groups in total. The second kappa shape index (κ2) is 7.37. The molecule has 0 unspecified atom stereocenters. The van der Waals surface area contributed by atoms with Crippen LogP contribution in [0.2, 0.25) is 0 Å². The molecule has 5 heteroatoms. The molecule has 1 aromatic rings. The summed E-state index contributed by atoms with van der Waals surface area (Å²) in [6.45, 7) is 7.21. The lowest BCUT2D eigenvalue weighted by molar-refractivity contribution is -0.142. The van der Waals surface area contributed by atoms with Crippen molar-refractivity contribution >= 4 is 11.8 Å². The van der Waals surface area contributed by atoms with Gasteiger partial charge in [-0.05, 0) is 32.4 Å². The first-order chi connectivity index (χ1) is 9.12. The van der Waals surface area contributed by atoms with E-state index < -0.39 is 0 Å². The Bertz CT molecular complexity index is 480. The molecule has 102 valence electrons. The number of aromatic nitrogens is 1. The van der Waals surface area contributed by atoms with Gasteiger partial charge in [-0.15, -0.1) is 0 Å². The molecule has 1 heterocycles. The first-order valence-corrected chi connectivity index (χ1v) is 6.39. The SMILES string of the molecule is CCOC(=O)CCN(CC)c1ncc(C)cc1C#N. The van der Waals surface area contributed by atoms with Gasteiger partial charge in [-0.25, -0.2) is 4.98 Å². The molecule has 0 saturated heterocycles. The highest BCUT2D eigenvalue weighted by Gasteiger charge is 2.13. The maximum Gasteiger partial charge on any atom is 0.307 e. The van der Waals surface area contributed by atoms with Gasteiger partial charge in [-0.1, -0.05) is 0 Å². The standard InChI is InChI=1S/C14H19N3O2/c1-4-17(7-6-13(18)19-5-2)14-12(9-15)8-11(3)10-16-14/h8,10H,4-7H2,1-3H3. The number of hydrogen-bond acceptors (Lipinski definition) is 5. The van der Waals surface area contributed by atoms with Crippen molar-refractivity contribution in [2.75, 3.05) is 24.6 Å². The molecular formula is C14H19N3O2. The lowest BCUT2D eigenvalue weighted by atomic mass is 10.2. The highest BCUT2D eigenvalue weighted by atomic mass is 16.5. The number of anilines is 1. The fraction of sp³-hybridized carbons (Fsp3) is 0.500. The third-order valence-corrected chi connectivity index (χ3v) is 2.70. The molecule has 1 rings (SSSR count). The Hall–Kier alpha value is -2.09. The van der Waals surface area contributed by atoms with Gasteiger partial charge in [0.15, 0.2) is 0 Å². The molecule has 0 radical (unpaired) electrons. The number of carbonyl (C=O) groups is 1. The maximum absolute atomic E-state index is 11.4. The van der Waals surface area contributed by atoms with E-state index in [9.17, 15) is 4.79 Å². The molecule has 0 aliphatic rings. The van der Waals surface area contributed by atoms with Crippen LogP contribution >= 0.6 is 0 Å². The van der Waals surface area contributed by atoms with Crippen molar-refractivity contribution in [3.63, 3.8) is 0 Å². The zero-order chi connectivity index (χ0) is 14.3. The predicted octanol–water partition coefficient (Wildman–Crippen LogP) is 2.04. The van der Waals surface area contributed by atoms with E-state index in [0.717, 1.165) is 5.56 Å². The molecule has 0 aliphatic carbocycles. The Morgan fingerprint density at radius 3 is 2.84 bits per heavy atom. The number of nitrogens with zero attached hydrogens (tertiary/aromatic N) is 3. The van der Waals surface area contributed by atoms with E-state index in [1.807, 2.05) is 18.7 Å². The van der Waals surface area contributed by atoms with E-state index in [4.69, 9.17) is 10.00 Å². The van der Waals surface area contributed by atoms with Gasteiger partial charge in [0.05, 0.1) is 18.6 Å². The molecule has 19 heavy (non-hydrogen) atoms. The Balaban J connectivity index is 2.80. The first-order valence-electron chi connectivity index (χ1n) is 6.39. The molecule has 1 aromatic heterocycles. The molecule has 0 amide bonds. The van der Waals surface area contributed by atoms with Gasteiger partial charge in [0.2, 0.25) is 0 Å². The van der Waals surface area contributed by atoms with Crippen LogP contribution in [0.5, 0.6) is 0 Å². The summed E-state index contributed by atoms with van der Waals surface area (Å²) in [7, 11) is 0.